The van der Waals surface area contributed by atoms with Gasteiger partial charge in [0.2, 0.25) is 11.6 Å². The summed E-state index contributed by atoms with van der Waals surface area (Å²) in [7, 11) is 0. The predicted molar refractivity (Wildman–Crippen MR) is 209 cm³/mol. The summed E-state index contributed by atoms with van der Waals surface area (Å²) in [5, 5.41) is 45.4. The first-order chi connectivity index (χ1) is 27.7. The summed E-state index contributed by atoms with van der Waals surface area (Å²) in [5.41, 5.74) is 1.31. The van der Waals surface area contributed by atoms with Gasteiger partial charge in [-0.1, -0.05) is 78.9 Å². The van der Waals surface area contributed by atoms with Crippen LogP contribution in [0.1, 0.15) is 83.0 Å². The van der Waals surface area contributed by atoms with Crippen LogP contribution in [0, 0.1) is 11.3 Å². The average Bonchev–Trinajstić information content (AvgIpc) is 4.05. The monoisotopic (exact) mass is 770 g/mol. The number of nitrogens with one attached hydrogen (secondary N) is 1. The smallest absolute Gasteiger partial charge is 0.415 e. The first kappa shape index (κ1) is 40.2. The van der Waals surface area contributed by atoms with Crippen molar-refractivity contribution in [3.8, 4) is 34.6 Å². The van der Waals surface area contributed by atoms with E-state index in [1.54, 1.807) is 17.0 Å². The quantitative estimate of drug-likeness (QED) is 0.202. The molecule has 5 aromatic rings. The average molecular weight is 771 g/mol. The lowest BCUT2D eigenvalue weighted by Gasteiger charge is -2.25. The summed E-state index contributed by atoms with van der Waals surface area (Å²) in [5.74, 6) is 2.69. The molecular weight excluding hydrogens is 725 g/mol. The molecule has 57 heavy (non-hydrogen) atoms. The SMILES string of the molecule is CC(C)(C)OC(=O)N1CCCC1C#N.O=C(Oc1ccccc1)N1CCCC1c1nnc(-c2ccccc2)nn1.c1ccc(-c2nnc(C3CCCN3)nn2)cc1. The van der Waals surface area contributed by atoms with Gasteiger partial charge in [0, 0.05) is 24.2 Å². The molecule has 8 rings (SSSR count). The zero-order chi connectivity index (χ0) is 40.0. The number of likely N-dealkylation sites (tertiary alicyclic amines) is 2. The summed E-state index contributed by atoms with van der Waals surface area (Å²) in [4.78, 5) is 27.2. The van der Waals surface area contributed by atoms with Crippen LogP contribution in [-0.4, -0.2) is 94.1 Å². The molecule has 3 saturated heterocycles. The molecule has 0 aliphatic carbocycles. The topological polar surface area (TPSA) is 198 Å². The molecule has 16 nitrogen and oxygen atoms in total. The van der Waals surface area contributed by atoms with E-state index in [0.717, 1.165) is 56.2 Å². The molecule has 3 atom stereocenters. The lowest BCUT2D eigenvalue weighted by Crippen LogP contribution is -2.39. The molecule has 0 saturated carbocycles. The first-order valence-corrected chi connectivity index (χ1v) is 19.1. The van der Waals surface area contributed by atoms with E-state index in [1.807, 2.05) is 99.6 Å². The number of hydrogen-bond acceptors (Lipinski definition) is 14. The molecule has 3 aliphatic rings. The number of ether oxygens (including phenoxy) is 2. The standard InChI is InChI=1S/C19H17N5O2.C12H13N5.C10H16N2O2/c25-19(26-15-10-5-2-6-11-15)24-13-7-12-16(24)18-22-20-17(21-23-18)14-8-3-1-4-9-14;1-2-5-9(6-3-1)11-14-16-12(17-15-11)10-7-4-8-13-10;1-10(2,3)14-9(13)12-6-4-5-8(12)7-11/h1-6,8-11,16H,7,12-13H2;1-3,5-6,10,13H,4,7-8H2;8H,4-6H2,1-3H3. The third-order valence-corrected chi connectivity index (χ3v) is 9.19. The molecule has 3 aliphatic heterocycles. The van der Waals surface area contributed by atoms with E-state index in [9.17, 15) is 9.59 Å². The highest BCUT2D eigenvalue weighted by molar-refractivity contribution is 5.71. The van der Waals surface area contributed by atoms with Crippen LogP contribution in [0.15, 0.2) is 91.0 Å². The minimum absolute atomic E-state index is 0.222. The van der Waals surface area contributed by atoms with Gasteiger partial charge in [-0.2, -0.15) is 5.26 Å². The molecule has 0 bridgehead atoms. The minimum atomic E-state index is -0.486. The number of carbonyl (C=O) groups is 2. The third kappa shape index (κ3) is 11.3. The van der Waals surface area contributed by atoms with Crippen molar-refractivity contribution in [2.45, 2.75) is 83.0 Å². The molecule has 3 aromatic carbocycles. The number of aromatic nitrogens is 8. The van der Waals surface area contributed by atoms with E-state index in [0.29, 0.717) is 42.1 Å². The van der Waals surface area contributed by atoms with Crippen molar-refractivity contribution < 1.29 is 19.1 Å². The van der Waals surface area contributed by atoms with Crippen molar-refractivity contribution in [3.63, 3.8) is 0 Å². The van der Waals surface area contributed by atoms with Gasteiger partial charge in [-0.25, -0.2) is 9.59 Å². The van der Waals surface area contributed by atoms with Gasteiger partial charge in [0.25, 0.3) is 0 Å². The molecular formula is C41H46N12O4. The largest absolute Gasteiger partial charge is 0.444 e. The summed E-state index contributed by atoms with van der Waals surface area (Å²) in [6.45, 7) is 7.72. The Morgan fingerprint density at radius 3 is 1.72 bits per heavy atom. The van der Waals surface area contributed by atoms with Crippen LogP contribution < -0.4 is 10.1 Å². The van der Waals surface area contributed by atoms with Gasteiger partial charge in [-0.15, -0.1) is 40.8 Å². The summed E-state index contributed by atoms with van der Waals surface area (Å²) in [6, 6.07) is 30.1. The molecule has 294 valence electrons. The predicted octanol–water partition coefficient (Wildman–Crippen LogP) is 6.54. The Balaban J connectivity index is 0.000000154. The number of amides is 2. The van der Waals surface area contributed by atoms with Crippen LogP contribution in [0.3, 0.4) is 0 Å². The molecule has 3 fully saturated rings. The van der Waals surface area contributed by atoms with Crippen LogP contribution in [0.25, 0.3) is 22.8 Å². The van der Waals surface area contributed by atoms with Crippen molar-refractivity contribution >= 4 is 12.2 Å². The minimum Gasteiger partial charge on any atom is -0.444 e. The van der Waals surface area contributed by atoms with E-state index in [2.05, 4.69) is 52.2 Å². The number of hydrogen-bond donors (Lipinski definition) is 1. The summed E-state index contributed by atoms with van der Waals surface area (Å²) in [6.07, 6.45) is 4.71. The molecule has 5 heterocycles. The van der Waals surface area contributed by atoms with Crippen LogP contribution in [0.5, 0.6) is 5.75 Å². The fourth-order valence-electron chi connectivity index (χ4n) is 6.40. The Bertz CT molecular complexity index is 2060. The second-order valence-corrected chi connectivity index (χ2v) is 14.5. The zero-order valence-corrected chi connectivity index (χ0v) is 32.3. The number of carbonyl (C=O) groups excluding carboxylic acids is 2. The van der Waals surface area contributed by atoms with Crippen molar-refractivity contribution in [2.75, 3.05) is 19.6 Å². The van der Waals surface area contributed by atoms with Crippen LogP contribution >= 0.6 is 0 Å². The van der Waals surface area contributed by atoms with Gasteiger partial charge < -0.3 is 14.8 Å². The third-order valence-electron chi connectivity index (χ3n) is 9.19. The highest BCUT2D eigenvalue weighted by Crippen LogP contribution is 2.30. The molecule has 0 radical (unpaired) electrons. The zero-order valence-electron chi connectivity index (χ0n) is 32.3. The first-order valence-electron chi connectivity index (χ1n) is 19.1. The van der Waals surface area contributed by atoms with Crippen molar-refractivity contribution in [1.29, 1.82) is 5.26 Å². The van der Waals surface area contributed by atoms with Gasteiger partial charge in [0.05, 0.1) is 18.2 Å². The van der Waals surface area contributed by atoms with E-state index in [4.69, 9.17) is 14.7 Å². The number of rotatable bonds is 5. The van der Waals surface area contributed by atoms with Crippen molar-refractivity contribution in [1.82, 2.24) is 55.9 Å². The normalized spacial score (nSPS) is 18.7. The van der Waals surface area contributed by atoms with E-state index in [-0.39, 0.29) is 24.2 Å². The Morgan fingerprint density at radius 2 is 1.19 bits per heavy atom. The second kappa shape index (κ2) is 19.4. The summed E-state index contributed by atoms with van der Waals surface area (Å²) < 4.78 is 10.6. The highest BCUT2D eigenvalue weighted by Gasteiger charge is 2.34. The highest BCUT2D eigenvalue weighted by atomic mass is 16.6. The van der Waals surface area contributed by atoms with E-state index >= 15 is 0 Å². The van der Waals surface area contributed by atoms with Crippen LogP contribution in [0.4, 0.5) is 9.59 Å². The summed E-state index contributed by atoms with van der Waals surface area (Å²) >= 11 is 0. The number of nitrogens with zero attached hydrogens (tertiary/aromatic N) is 11. The maximum absolute atomic E-state index is 12.5. The fraction of sp³-hybridized carbons (Fsp3) is 0.390. The second-order valence-electron chi connectivity index (χ2n) is 14.5. The molecule has 2 aromatic heterocycles. The van der Waals surface area contributed by atoms with Crippen LogP contribution in [0.2, 0.25) is 0 Å². The number of nitriles is 1. The van der Waals surface area contributed by atoms with Crippen molar-refractivity contribution in [3.05, 3.63) is 103 Å². The molecule has 1 N–H and O–H groups in total. The fourth-order valence-corrected chi connectivity index (χ4v) is 6.40. The Hall–Kier alpha value is -6.47. The molecule has 16 heteroatoms. The molecule has 0 spiro atoms. The van der Waals surface area contributed by atoms with Crippen LogP contribution in [-0.2, 0) is 4.74 Å². The van der Waals surface area contributed by atoms with E-state index in [1.165, 1.54) is 4.90 Å². The lowest BCUT2D eigenvalue weighted by atomic mass is 10.2. The van der Waals surface area contributed by atoms with Gasteiger partial charge in [-0.05, 0) is 78.0 Å². The van der Waals surface area contributed by atoms with Gasteiger partial charge in [-0.3, -0.25) is 9.80 Å². The number of para-hydroxylation sites is 1. The van der Waals surface area contributed by atoms with Gasteiger partial charge >= 0.3 is 12.2 Å². The molecule has 2 amide bonds. The van der Waals surface area contributed by atoms with E-state index < -0.39 is 11.7 Å². The van der Waals surface area contributed by atoms with Crippen molar-refractivity contribution in [2.24, 2.45) is 0 Å². The number of benzene rings is 3. The molecule has 3 unspecified atom stereocenters. The Labute approximate surface area is 331 Å². The Morgan fingerprint density at radius 1 is 0.667 bits per heavy atom. The maximum atomic E-state index is 12.5. The lowest BCUT2D eigenvalue weighted by molar-refractivity contribution is 0.0259. The van der Waals surface area contributed by atoms with Gasteiger partial charge in [0.1, 0.15) is 17.4 Å². The Kier molecular flexibility index (Phi) is 13.7. The van der Waals surface area contributed by atoms with Gasteiger partial charge in [0.15, 0.2) is 11.6 Å². The maximum Gasteiger partial charge on any atom is 0.415 e.